The first-order chi connectivity index (χ1) is 12.8. The van der Waals surface area contributed by atoms with Gasteiger partial charge >= 0.3 is 0 Å². The van der Waals surface area contributed by atoms with E-state index in [1.165, 1.54) is 6.26 Å². The molecule has 7 nitrogen and oxygen atoms in total. The van der Waals surface area contributed by atoms with E-state index in [2.05, 4.69) is 20.6 Å². The number of rotatable bonds is 7. The maximum absolute atomic E-state index is 11.7. The van der Waals surface area contributed by atoms with Crippen molar-refractivity contribution in [2.45, 2.75) is 31.4 Å². The van der Waals surface area contributed by atoms with Gasteiger partial charge in [-0.1, -0.05) is 12.1 Å². The monoisotopic (exact) mass is 390 g/mol. The lowest BCUT2D eigenvalue weighted by Gasteiger charge is -2.15. The first-order valence-corrected chi connectivity index (χ1v) is 10.6. The van der Waals surface area contributed by atoms with Crippen molar-refractivity contribution in [1.82, 2.24) is 15.6 Å². The van der Waals surface area contributed by atoms with Gasteiger partial charge in [0.2, 0.25) is 0 Å². The molecule has 0 bridgehead atoms. The summed E-state index contributed by atoms with van der Waals surface area (Å²) in [5.41, 5.74) is 2.39. The molecule has 8 heteroatoms. The highest BCUT2D eigenvalue weighted by molar-refractivity contribution is 7.90. The quantitative estimate of drug-likeness (QED) is 0.490. The SMILES string of the molecule is CCNC(=NCc1ccc(S(C)(=O)=O)c(C)c1)NCC(O)c1ccncc1. The number of nitrogens with zero attached hydrogens (tertiary/aromatic N) is 2. The first-order valence-electron chi connectivity index (χ1n) is 8.71. The zero-order valence-electron chi connectivity index (χ0n) is 15.8. The Morgan fingerprint density at radius 3 is 2.52 bits per heavy atom. The highest BCUT2D eigenvalue weighted by Crippen LogP contribution is 2.17. The van der Waals surface area contributed by atoms with E-state index in [4.69, 9.17) is 0 Å². The summed E-state index contributed by atoms with van der Waals surface area (Å²) in [5, 5.41) is 16.5. The van der Waals surface area contributed by atoms with Crippen LogP contribution in [0.25, 0.3) is 0 Å². The molecule has 0 saturated heterocycles. The largest absolute Gasteiger partial charge is 0.387 e. The number of aliphatic hydroxyl groups is 1. The van der Waals surface area contributed by atoms with Crippen LogP contribution in [-0.2, 0) is 16.4 Å². The number of sulfone groups is 1. The Labute approximate surface area is 160 Å². The number of benzene rings is 1. The van der Waals surface area contributed by atoms with E-state index in [0.717, 1.165) is 11.1 Å². The van der Waals surface area contributed by atoms with Gasteiger partial charge in [-0.05, 0) is 48.7 Å². The Balaban J connectivity index is 2.04. The third kappa shape index (κ3) is 6.33. The Morgan fingerprint density at radius 1 is 1.22 bits per heavy atom. The van der Waals surface area contributed by atoms with Crippen molar-refractivity contribution >= 4 is 15.8 Å². The van der Waals surface area contributed by atoms with Gasteiger partial charge < -0.3 is 15.7 Å². The Kier molecular flexibility index (Phi) is 7.32. The highest BCUT2D eigenvalue weighted by Gasteiger charge is 2.11. The lowest BCUT2D eigenvalue weighted by atomic mass is 10.1. The minimum atomic E-state index is -3.23. The fourth-order valence-electron chi connectivity index (χ4n) is 2.63. The van der Waals surface area contributed by atoms with Gasteiger partial charge in [0.25, 0.3) is 0 Å². The maximum atomic E-state index is 11.7. The molecule has 1 unspecified atom stereocenters. The number of pyridine rings is 1. The summed E-state index contributed by atoms with van der Waals surface area (Å²) in [5.74, 6) is 0.579. The average molecular weight is 391 g/mol. The second-order valence-corrected chi connectivity index (χ2v) is 8.23. The average Bonchev–Trinajstić information content (AvgIpc) is 2.63. The number of aliphatic hydroxyl groups excluding tert-OH is 1. The topological polar surface area (TPSA) is 104 Å². The van der Waals surface area contributed by atoms with Crippen molar-refractivity contribution in [2.24, 2.45) is 4.99 Å². The number of aliphatic imine (C=N–C) groups is 1. The number of aryl methyl sites for hydroxylation is 1. The molecule has 2 aromatic rings. The standard InChI is InChI=1S/C19H26N4O3S/c1-4-21-19(23-13-17(24)16-7-9-20-10-8-16)22-12-15-5-6-18(14(2)11-15)27(3,25)26/h5-11,17,24H,4,12-13H2,1-3H3,(H2,21,22,23). The van der Waals surface area contributed by atoms with Gasteiger partial charge in [0.05, 0.1) is 17.5 Å². The van der Waals surface area contributed by atoms with E-state index < -0.39 is 15.9 Å². The van der Waals surface area contributed by atoms with Crippen LogP contribution >= 0.6 is 0 Å². The summed E-state index contributed by atoms with van der Waals surface area (Å²) in [6.45, 7) is 5.12. The lowest BCUT2D eigenvalue weighted by molar-refractivity contribution is 0.180. The Bertz CT molecular complexity index is 883. The van der Waals surface area contributed by atoms with Crippen LogP contribution in [0.4, 0.5) is 0 Å². The van der Waals surface area contributed by atoms with Crippen molar-refractivity contribution in [1.29, 1.82) is 0 Å². The second kappa shape index (κ2) is 9.48. The molecule has 0 radical (unpaired) electrons. The van der Waals surface area contributed by atoms with Crippen LogP contribution in [0.2, 0.25) is 0 Å². The molecule has 146 valence electrons. The van der Waals surface area contributed by atoms with Crippen molar-refractivity contribution in [3.05, 3.63) is 59.4 Å². The van der Waals surface area contributed by atoms with E-state index in [-0.39, 0.29) is 0 Å². The minimum Gasteiger partial charge on any atom is -0.387 e. The summed E-state index contributed by atoms with van der Waals surface area (Å²) >= 11 is 0. The smallest absolute Gasteiger partial charge is 0.191 e. The molecule has 0 spiro atoms. The van der Waals surface area contributed by atoms with E-state index in [0.29, 0.717) is 36.1 Å². The van der Waals surface area contributed by atoms with Gasteiger partial charge in [-0.2, -0.15) is 0 Å². The molecule has 1 aromatic heterocycles. The van der Waals surface area contributed by atoms with E-state index in [9.17, 15) is 13.5 Å². The Hall–Kier alpha value is -2.45. The van der Waals surface area contributed by atoms with E-state index in [1.807, 2.05) is 13.0 Å². The van der Waals surface area contributed by atoms with Crippen molar-refractivity contribution in [2.75, 3.05) is 19.3 Å². The third-order valence-corrected chi connectivity index (χ3v) is 5.21. The first kappa shape index (κ1) is 20.9. The predicted octanol–water partition coefficient (Wildman–Crippen LogP) is 1.58. The van der Waals surface area contributed by atoms with Gasteiger partial charge in [-0.15, -0.1) is 0 Å². The number of aromatic nitrogens is 1. The molecular weight excluding hydrogens is 364 g/mol. The fraction of sp³-hybridized carbons (Fsp3) is 0.368. The van der Waals surface area contributed by atoms with Crippen LogP contribution in [0.3, 0.4) is 0 Å². The molecule has 1 aromatic carbocycles. The van der Waals surface area contributed by atoms with Crippen molar-refractivity contribution in [3.8, 4) is 0 Å². The van der Waals surface area contributed by atoms with Crippen molar-refractivity contribution < 1.29 is 13.5 Å². The van der Waals surface area contributed by atoms with Gasteiger partial charge in [-0.25, -0.2) is 13.4 Å². The van der Waals surface area contributed by atoms with Crippen LogP contribution in [0, 0.1) is 6.92 Å². The molecule has 0 aliphatic carbocycles. The van der Waals surface area contributed by atoms with Crippen LogP contribution in [-0.4, -0.2) is 43.8 Å². The zero-order valence-corrected chi connectivity index (χ0v) is 16.6. The van der Waals surface area contributed by atoms with Gasteiger partial charge in [-0.3, -0.25) is 4.98 Å². The molecule has 0 aliphatic rings. The number of hydrogen-bond acceptors (Lipinski definition) is 5. The molecule has 0 fully saturated rings. The molecule has 1 heterocycles. The highest BCUT2D eigenvalue weighted by atomic mass is 32.2. The molecule has 0 amide bonds. The van der Waals surface area contributed by atoms with Crippen LogP contribution < -0.4 is 10.6 Å². The molecular formula is C19H26N4O3S. The summed E-state index contributed by atoms with van der Waals surface area (Å²) in [6, 6.07) is 8.74. The minimum absolute atomic E-state index is 0.307. The lowest BCUT2D eigenvalue weighted by Crippen LogP contribution is -2.39. The van der Waals surface area contributed by atoms with Crippen LogP contribution in [0.5, 0.6) is 0 Å². The summed E-state index contributed by atoms with van der Waals surface area (Å²) < 4.78 is 23.4. The summed E-state index contributed by atoms with van der Waals surface area (Å²) in [4.78, 5) is 8.78. The normalized spacial score (nSPS) is 13.3. The van der Waals surface area contributed by atoms with Crippen LogP contribution in [0.1, 0.15) is 29.7 Å². The molecule has 1 atom stereocenters. The molecule has 2 rings (SSSR count). The summed E-state index contributed by atoms with van der Waals surface area (Å²) in [6.07, 6.45) is 3.81. The van der Waals surface area contributed by atoms with Crippen LogP contribution in [0.15, 0.2) is 52.6 Å². The number of hydrogen-bond donors (Lipinski definition) is 3. The maximum Gasteiger partial charge on any atom is 0.191 e. The van der Waals surface area contributed by atoms with Gasteiger partial charge in [0, 0.05) is 31.7 Å². The van der Waals surface area contributed by atoms with Gasteiger partial charge in [0.1, 0.15) is 0 Å². The predicted molar refractivity (Wildman–Crippen MR) is 106 cm³/mol. The zero-order chi connectivity index (χ0) is 19.9. The van der Waals surface area contributed by atoms with Crippen molar-refractivity contribution in [3.63, 3.8) is 0 Å². The Morgan fingerprint density at radius 2 is 1.93 bits per heavy atom. The molecule has 3 N–H and O–H groups in total. The van der Waals surface area contributed by atoms with E-state index >= 15 is 0 Å². The number of guanidine groups is 1. The second-order valence-electron chi connectivity index (χ2n) is 6.24. The number of nitrogens with one attached hydrogen (secondary N) is 2. The molecule has 0 aliphatic heterocycles. The van der Waals surface area contributed by atoms with E-state index in [1.54, 1.807) is 43.6 Å². The molecule has 0 saturated carbocycles. The third-order valence-electron chi connectivity index (χ3n) is 3.96. The summed E-state index contributed by atoms with van der Waals surface area (Å²) in [7, 11) is -3.23. The molecule has 27 heavy (non-hydrogen) atoms. The fourth-order valence-corrected chi connectivity index (χ4v) is 3.59. The van der Waals surface area contributed by atoms with Gasteiger partial charge in [0.15, 0.2) is 15.8 Å².